The van der Waals surface area contributed by atoms with Crippen molar-refractivity contribution in [2.24, 2.45) is 0 Å². The summed E-state index contributed by atoms with van der Waals surface area (Å²) in [5.41, 5.74) is 0.127. The number of carbonyl (C=O) groups is 2. The molecule has 6 heteroatoms. The van der Waals surface area contributed by atoms with Crippen molar-refractivity contribution in [1.82, 2.24) is 5.32 Å². The fourth-order valence-corrected chi connectivity index (χ4v) is 1.65. The van der Waals surface area contributed by atoms with Crippen molar-refractivity contribution in [1.29, 1.82) is 0 Å². The predicted molar refractivity (Wildman–Crippen MR) is 74.2 cm³/mol. The summed E-state index contributed by atoms with van der Waals surface area (Å²) in [5.74, 6) is -0.585. The summed E-state index contributed by atoms with van der Waals surface area (Å²) < 4.78 is 5.85. The molecule has 1 amide bonds. The maximum absolute atomic E-state index is 11.4. The van der Waals surface area contributed by atoms with Crippen molar-refractivity contribution in [3.05, 3.63) is 40.9 Å². The first kappa shape index (κ1) is 15.2. The predicted octanol–water partition coefficient (Wildman–Crippen LogP) is 2.96. The summed E-state index contributed by atoms with van der Waals surface area (Å²) in [6.07, 6.45) is 0.254. The third kappa shape index (κ3) is 6.05. The number of nitrogens with one attached hydrogen (secondary N) is 1. The fraction of sp³-hybridized carbons (Fsp3) is 0.231. The summed E-state index contributed by atoms with van der Waals surface area (Å²) in [4.78, 5) is 21.9. The molecule has 5 nitrogen and oxygen atoms in total. The Labute approximate surface area is 119 Å². The summed E-state index contributed by atoms with van der Waals surface area (Å²) in [5, 5.41) is 11.1. The highest BCUT2D eigenvalue weighted by molar-refractivity contribution is 9.10. The Bertz CT molecular complexity index is 487. The van der Waals surface area contributed by atoms with E-state index in [9.17, 15) is 9.59 Å². The van der Waals surface area contributed by atoms with Crippen LogP contribution < -0.4 is 10.1 Å². The first-order chi connectivity index (χ1) is 8.99. The Balaban J connectivity index is 2.25. The van der Waals surface area contributed by atoms with Gasteiger partial charge in [-0.3, -0.25) is 0 Å². The van der Waals surface area contributed by atoms with Gasteiger partial charge >= 0.3 is 12.1 Å². The maximum Gasteiger partial charge on any atom is 0.412 e. The van der Waals surface area contributed by atoms with Crippen LogP contribution >= 0.6 is 15.9 Å². The molecule has 0 fully saturated rings. The fourth-order valence-electron chi connectivity index (χ4n) is 1.27. The van der Waals surface area contributed by atoms with E-state index in [1.807, 2.05) is 6.07 Å². The second-order valence-electron chi connectivity index (χ2n) is 3.79. The van der Waals surface area contributed by atoms with Crippen LogP contribution in [0.3, 0.4) is 0 Å². The Morgan fingerprint density at radius 3 is 2.79 bits per heavy atom. The molecule has 0 aliphatic carbocycles. The number of carboxylic acid groups (broad SMARTS) is 1. The SMILES string of the molecule is C=C(CCCNC(=O)Oc1cccc(Br)c1)C(=O)O. The number of carbonyl (C=O) groups excluding carboxylic acids is 1. The van der Waals surface area contributed by atoms with Crippen LogP contribution in [0.4, 0.5) is 4.79 Å². The normalized spacial score (nSPS) is 9.74. The van der Waals surface area contributed by atoms with Crippen LogP contribution in [0.25, 0.3) is 0 Å². The lowest BCUT2D eigenvalue weighted by atomic mass is 10.2. The average Bonchev–Trinajstić information content (AvgIpc) is 2.34. The van der Waals surface area contributed by atoms with Crippen molar-refractivity contribution >= 4 is 28.0 Å². The quantitative estimate of drug-likeness (QED) is 0.622. The minimum Gasteiger partial charge on any atom is -0.478 e. The molecule has 1 rings (SSSR count). The maximum atomic E-state index is 11.4. The highest BCUT2D eigenvalue weighted by atomic mass is 79.9. The topological polar surface area (TPSA) is 75.6 Å². The van der Waals surface area contributed by atoms with Crippen molar-refractivity contribution in [2.75, 3.05) is 6.54 Å². The lowest BCUT2D eigenvalue weighted by Crippen LogP contribution is -2.27. The smallest absolute Gasteiger partial charge is 0.412 e. The Hall–Kier alpha value is -1.82. The molecule has 0 aliphatic rings. The molecular weight excluding hydrogens is 314 g/mol. The van der Waals surface area contributed by atoms with E-state index < -0.39 is 12.1 Å². The number of carboxylic acids is 1. The highest BCUT2D eigenvalue weighted by Crippen LogP contribution is 2.17. The molecule has 0 radical (unpaired) electrons. The van der Waals surface area contributed by atoms with Crippen LogP contribution in [-0.2, 0) is 4.79 Å². The number of benzene rings is 1. The van der Waals surface area contributed by atoms with Gasteiger partial charge in [0.1, 0.15) is 5.75 Å². The van der Waals surface area contributed by atoms with Crippen LogP contribution in [0, 0.1) is 0 Å². The summed E-state index contributed by atoms with van der Waals surface area (Å²) in [6.45, 7) is 3.73. The van der Waals surface area contributed by atoms with Crippen molar-refractivity contribution in [3.63, 3.8) is 0 Å². The molecule has 1 aromatic carbocycles. The molecule has 102 valence electrons. The zero-order chi connectivity index (χ0) is 14.3. The molecule has 0 atom stereocenters. The number of aliphatic carboxylic acids is 1. The van der Waals surface area contributed by atoms with Gasteiger partial charge in [-0.15, -0.1) is 0 Å². The van der Waals surface area contributed by atoms with Gasteiger partial charge in [0.15, 0.2) is 0 Å². The number of halogens is 1. The molecule has 0 unspecified atom stereocenters. The molecule has 0 saturated carbocycles. The molecule has 0 bridgehead atoms. The number of hydrogen-bond acceptors (Lipinski definition) is 3. The van der Waals surface area contributed by atoms with Gasteiger partial charge in [-0.1, -0.05) is 28.6 Å². The van der Waals surface area contributed by atoms with Crippen LogP contribution in [0.2, 0.25) is 0 Å². The van der Waals surface area contributed by atoms with Crippen LogP contribution in [0.15, 0.2) is 40.9 Å². The van der Waals surface area contributed by atoms with Crippen LogP contribution in [0.5, 0.6) is 5.75 Å². The number of ether oxygens (including phenoxy) is 1. The first-order valence-electron chi connectivity index (χ1n) is 5.61. The minimum absolute atomic E-state index is 0.127. The van der Waals surface area contributed by atoms with Crippen LogP contribution in [-0.4, -0.2) is 23.7 Å². The van der Waals surface area contributed by atoms with Crippen molar-refractivity contribution < 1.29 is 19.4 Å². The number of amides is 1. The largest absolute Gasteiger partial charge is 0.478 e. The van der Waals surface area contributed by atoms with Gasteiger partial charge in [0.05, 0.1) is 0 Å². The third-order valence-electron chi connectivity index (χ3n) is 2.23. The minimum atomic E-state index is -1.02. The van der Waals surface area contributed by atoms with E-state index in [4.69, 9.17) is 9.84 Å². The Morgan fingerprint density at radius 2 is 2.16 bits per heavy atom. The van der Waals surface area contributed by atoms with Crippen LogP contribution in [0.1, 0.15) is 12.8 Å². The van der Waals surface area contributed by atoms with Gasteiger partial charge in [-0.2, -0.15) is 0 Å². The molecule has 0 aromatic heterocycles. The van der Waals surface area contributed by atoms with E-state index in [1.54, 1.807) is 18.2 Å². The van der Waals surface area contributed by atoms with E-state index >= 15 is 0 Å². The molecule has 2 N–H and O–H groups in total. The molecular formula is C13H14BrNO4. The second-order valence-corrected chi connectivity index (χ2v) is 4.70. The van der Waals surface area contributed by atoms with Crippen molar-refractivity contribution in [3.8, 4) is 5.75 Å². The van der Waals surface area contributed by atoms with Gasteiger partial charge in [-0.05, 0) is 31.0 Å². The first-order valence-corrected chi connectivity index (χ1v) is 6.40. The number of hydrogen-bond donors (Lipinski definition) is 2. The Morgan fingerprint density at radius 1 is 1.42 bits per heavy atom. The lowest BCUT2D eigenvalue weighted by Gasteiger charge is -2.06. The van der Waals surface area contributed by atoms with Gasteiger partial charge < -0.3 is 15.2 Å². The van der Waals surface area contributed by atoms with Gasteiger partial charge in [0, 0.05) is 16.6 Å². The van der Waals surface area contributed by atoms with E-state index in [0.29, 0.717) is 25.1 Å². The molecule has 19 heavy (non-hydrogen) atoms. The lowest BCUT2D eigenvalue weighted by molar-refractivity contribution is -0.132. The summed E-state index contributed by atoms with van der Waals surface area (Å²) in [6, 6.07) is 6.91. The highest BCUT2D eigenvalue weighted by Gasteiger charge is 2.06. The summed E-state index contributed by atoms with van der Waals surface area (Å²) >= 11 is 3.27. The van der Waals surface area contributed by atoms with Gasteiger partial charge in [0.2, 0.25) is 0 Å². The molecule has 1 aromatic rings. The molecule has 0 heterocycles. The number of rotatable bonds is 6. The van der Waals surface area contributed by atoms with Crippen molar-refractivity contribution in [2.45, 2.75) is 12.8 Å². The standard InChI is InChI=1S/C13H14BrNO4/c1-9(12(16)17)4-3-7-15-13(18)19-11-6-2-5-10(14)8-11/h2,5-6,8H,1,3-4,7H2,(H,15,18)(H,16,17). The van der Waals surface area contributed by atoms with E-state index in [-0.39, 0.29) is 5.57 Å². The zero-order valence-corrected chi connectivity index (χ0v) is 11.8. The van der Waals surface area contributed by atoms with E-state index in [2.05, 4.69) is 27.8 Å². The Kier molecular flexibility index (Phi) is 6.08. The average molecular weight is 328 g/mol. The van der Waals surface area contributed by atoms with Gasteiger partial charge in [-0.25, -0.2) is 9.59 Å². The van der Waals surface area contributed by atoms with E-state index in [0.717, 1.165) is 4.47 Å². The molecule has 0 aliphatic heterocycles. The zero-order valence-electron chi connectivity index (χ0n) is 10.2. The third-order valence-corrected chi connectivity index (χ3v) is 2.73. The van der Waals surface area contributed by atoms with Gasteiger partial charge in [0.25, 0.3) is 0 Å². The van der Waals surface area contributed by atoms with E-state index in [1.165, 1.54) is 0 Å². The monoisotopic (exact) mass is 327 g/mol. The second kappa shape index (κ2) is 7.58. The molecule has 0 spiro atoms. The summed E-state index contributed by atoms with van der Waals surface area (Å²) in [7, 11) is 0. The molecule has 0 saturated heterocycles.